The number of hydrogen-bond acceptors (Lipinski definition) is 4. The fourth-order valence-corrected chi connectivity index (χ4v) is 1.89. The Morgan fingerprint density at radius 1 is 1.35 bits per heavy atom. The molecule has 0 amide bonds. The number of aromatic amines is 1. The van der Waals surface area contributed by atoms with Crippen molar-refractivity contribution in [3.05, 3.63) is 39.9 Å². The highest BCUT2D eigenvalue weighted by atomic mass is 16.4. The summed E-state index contributed by atoms with van der Waals surface area (Å²) < 4.78 is 0. The van der Waals surface area contributed by atoms with Crippen molar-refractivity contribution >= 4 is 28.5 Å². The molecular formula is C11H7N3O3. The maximum absolute atomic E-state index is 11.6. The highest BCUT2D eigenvalue weighted by Crippen LogP contribution is 2.29. The van der Waals surface area contributed by atoms with Gasteiger partial charge in [0.2, 0.25) is 0 Å². The van der Waals surface area contributed by atoms with Crippen molar-refractivity contribution in [2.45, 2.75) is 0 Å². The van der Waals surface area contributed by atoms with Crippen LogP contribution in [0.1, 0.15) is 5.69 Å². The Bertz CT molecular complexity index is 730. The molecule has 0 saturated heterocycles. The van der Waals surface area contributed by atoms with E-state index in [2.05, 4.69) is 15.5 Å². The molecule has 17 heavy (non-hydrogen) atoms. The van der Waals surface area contributed by atoms with E-state index in [-0.39, 0.29) is 11.3 Å². The van der Waals surface area contributed by atoms with Crippen molar-refractivity contribution in [1.82, 2.24) is 10.2 Å². The zero-order valence-electron chi connectivity index (χ0n) is 8.52. The number of carbonyl (C=O) groups is 1. The minimum absolute atomic E-state index is 0.0320. The van der Waals surface area contributed by atoms with E-state index in [0.717, 1.165) is 0 Å². The molecule has 2 heterocycles. The molecule has 0 aliphatic carbocycles. The van der Waals surface area contributed by atoms with Gasteiger partial charge in [-0.2, -0.15) is 5.10 Å². The zero-order valence-corrected chi connectivity index (χ0v) is 8.52. The van der Waals surface area contributed by atoms with Gasteiger partial charge in [0.05, 0.1) is 11.1 Å². The number of hydrogen-bond donors (Lipinski definition) is 3. The number of nitrogens with one attached hydrogen (secondary N) is 2. The number of anilines is 1. The van der Waals surface area contributed by atoms with E-state index in [1.165, 1.54) is 6.08 Å². The van der Waals surface area contributed by atoms with Crippen molar-refractivity contribution in [2.75, 3.05) is 5.32 Å². The van der Waals surface area contributed by atoms with Crippen LogP contribution in [-0.4, -0.2) is 21.3 Å². The van der Waals surface area contributed by atoms with Crippen LogP contribution in [0, 0.1) is 0 Å². The third-order valence-corrected chi connectivity index (χ3v) is 2.62. The van der Waals surface area contributed by atoms with Crippen molar-refractivity contribution in [2.24, 2.45) is 0 Å². The van der Waals surface area contributed by atoms with Crippen LogP contribution in [0.25, 0.3) is 16.8 Å². The number of carboxylic acids is 1. The predicted molar refractivity (Wildman–Crippen MR) is 61.6 cm³/mol. The van der Waals surface area contributed by atoms with Crippen LogP contribution in [0.15, 0.2) is 28.7 Å². The first-order valence-electron chi connectivity index (χ1n) is 4.90. The molecule has 6 heteroatoms. The van der Waals surface area contributed by atoms with Crippen molar-refractivity contribution in [1.29, 1.82) is 0 Å². The Balaban J connectivity index is 2.42. The molecule has 6 nitrogen and oxygen atoms in total. The molecule has 1 aromatic heterocycles. The molecule has 3 rings (SSSR count). The molecule has 0 unspecified atom stereocenters. The normalized spacial score (nSPS) is 13.1. The summed E-state index contributed by atoms with van der Waals surface area (Å²) >= 11 is 0. The minimum atomic E-state index is -1.07. The molecule has 0 saturated carbocycles. The maximum atomic E-state index is 11.6. The third-order valence-electron chi connectivity index (χ3n) is 2.62. The molecule has 0 bridgehead atoms. The molecular weight excluding hydrogens is 222 g/mol. The highest BCUT2D eigenvalue weighted by Gasteiger charge is 2.19. The van der Waals surface area contributed by atoms with Gasteiger partial charge in [-0.1, -0.05) is 6.07 Å². The van der Waals surface area contributed by atoms with E-state index in [9.17, 15) is 9.59 Å². The maximum Gasteiger partial charge on any atom is 0.352 e. The smallest absolute Gasteiger partial charge is 0.352 e. The summed E-state index contributed by atoms with van der Waals surface area (Å²) in [5.74, 6) is -1.07. The first-order valence-corrected chi connectivity index (χ1v) is 4.90. The fourth-order valence-electron chi connectivity index (χ4n) is 1.89. The lowest BCUT2D eigenvalue weighted by molar-refractivity contribution is -0.132. The molecule has 1 aromatic carbocycles. The van der Waals surface area contributed by atoms with Crippen LogP contribution in [0.3, 0.4) is 0 Å². The number of H-pyrrole nitrogens is 1. The van der Waals surface area contributed by atoms with Gasteiger partial charge in [0, 0.05) is 11.1 Å². The summed E-state index contributed by atoms with van der Waals surface area (Å²) in [5.41, 5.74) is 0.770. The van der Waals surface area contributed by atoms with Gasteiger partial charge in [-0.05, 0) is 18.2 Å². The average Bonchev–Trinajstić information content (AvgIpc) is 2.33. The number of aliphatic carboxylic acids is 1. The van der Waals surface area contributed by atoms with Gasteiger partial charge < -0.3 is 10.4 Å². The SMILES string of the molecule is O=C(O)C1=Cc2n[nH]c(=O)c3cccc(c23)N1. The quantitative estimate of drug-likeness (QED) is 0.671. The highest BCUT2D eigenvalue weighted by molar-refractivity contribution is 6.07. The molecule has 0 radical (unpaired) electrons. The van der Waals surface area contributed by atoms with E-state index < -0.39 is 5.97 Å². The Kier molecular flexibility index (Phi) is 1.79. The summed E-state index contributed by atoms with van der Waals surface area (Å²) in [5, 5.41) is 19.0. The monoisotopic (exact) mass is 229 g/mol. The summed E-state index contributed by atoms with van der Waals surface area (Å²) in [6, 6.07) is 5.07. The Hall–Kier alpha value is -2.63. The third kappa shape index (κ3) is 1.31. The van der Waals surface area contributed by atoms with Crippen LogP contribution in [0.5, 0.6) is 0 Å². The zero-order chi connectivity index (χ0) is 12.0. The molecule has 3 N–H and O–H groups in total. The number of carboxylic acid groups (broad SMARTS) is 1. The van der Waals surface area contributed by atoms with Crippen molar-refractivity contribution < 1.29 is 9.90 Å². The number of rotatable bonds is 1. The number of nitrogens with zero attached hydrogens (tertiary/aromatic N) is 1. The van der Waals surface area contributed by atoms with Crippen LogP contribution in [0.4, 0.5) is 5.69 Å². The molecule has 84 valence electrons. The van der Waals surface area contributed by atoms with Gasteiger partial charge in [-0.15, -0.1) is 0 Å². The number of aromatic nitrogens is 2. The summed E-state index contributed by atoms with van der Waals surface area (Å²) in [6.07, 6.45) is 1.40. The van der Waals surface area contributed by atoms with Gasteiger partial charge in [0.1, 0.15) is 5.70 Å². The Morgan fingerprint density at radius 3 is 2.94 bits per heavy atom. The molecule has 0 atom stereocenters. The average molecular weight is 229 g/mol. The molecule has 1 aliphatic heterocycles. The van der Waals surface area contributed by atoms with Crippen molar-refractivity contribution in [3.8, 4) is 0 Å². The summed E-state index contributed by atoms with van der Waals surface area (Å²) in [4.78, 5) is 22.5. The van der Waals surface area contributed by atoms with Gasteiger partial charge in [0.25, 0.3) is 5.56 Å². The van der Waals surface area contributed by atoms with Crippen LogP contribution in [0.2, 0.25) is 0 Å². The van der Waals surface area contributed by atoms with E-state index >= 15 is 0 Å². The first kappa shape index (κ1) is 9.59. The minimum Gasteiger partial charge on any atom is -0.477 e. The first-order chi connectivity index (χ1) is 8.16. The van der Waals surface area contributed by atoms with E-state index in [1.54, 1.807) is 18.2 Å². The van der Waals surface area contributed by atoms with Crippen molar-refractivity contribution in [3.63, 3.8) is 0 Å². The second-order valence-corrected chi connectivity index (χ2v) is 3.65. The van der Waals surface area contributed by atoms with E-state index in [0.29, 0.717) is 22.2 Å². The van der Waals surface area contributed by atoms with E-state index in [1.807, 2.05) is 0 Å². The van der Waals surface area contributed by atoms with Gasteiger partial charge in [-0.25, -0.2) is 9.89 Å². The van der Waals surface area contributed by atoms with Crippen LogP contribution >= 0.6 is 0 Å². The second kappa shape index (κ2) is 3.18. The van der Waals surface area contributed by atoms with Crippen LogP contribution in [-0.2, 0) is 4.79 Å². The predicted octanol–water partition coefficient (Wildman–Crippen LogP) is 0.774. The standard InChI is InChI=1S/C11H7N3O3/c15-10-5-2-1-3-6-9(5)7(13-14-10)4-8(12-6)11(16)17/h1-4,12H,(H,14,15)(H,16,17). The summed E-state index contributed by atoms with van der Waals surface area (Å²) in [7, 11) is 0. The van der Waals surface area contributed by atoms with Gasteiger partial charge >= 0.3 is 5.97 Å². The largest absolute Gasteiger partial charge is 0.477 e. The Morgan fingerprint density at radius 2 is 2.18 bits per heavy atom. The van der Waals surface area contributed by atoms with Gasteiger partial charge in [0.15, 0.2) is 0 Å². The fraction of sp³-hybridized carbons (Fsp3) is 0. The molecule has 1 aliphatic rings. The lowest BCUT2D eigenvalue weighted by Gasteiger charge is -2.15. The topological polar surface area (TPSA) is 95.1 Å². The van der Waals surface area contributed by atoms with Crippen LogP contribution < -0.4 is 10.9 Å². The lowest BCUT2D eigenvalue weighted by atomic mass is 10.0. The second-order valence-electron chi connectivity index (χ2n) is 3.65. The molecule has 0 spiro atoms. The molecule has 2 aromatic rings. The number of benzene rings is 1. The summed E-state index contributed by atoms with van der Waals surface area (Å²) in [6.45, 7) is 0. The molecule has 0 fully saturated rings. The Labute approximate surface area is 94.6 Å². The van der Waals surface area contributed by atoms with Gasteiger partial charge in [-0.3, -0.25) is 4.79 Å². The lowest BCUT2D eigenvalue weighted by Crippen LogP contribution is -2.17. The van der Waals surface area contributed by atoms with E-state index in [4.69, 9.17) is 5.11 Å².